The highest BCUT2D eigenvalue weighted by atomic mass is 16.2. The number of rotatable bonds is 3. The molecule has 5 heteroatoms. The van der Waals surface area contributed by atoms with Crippen molar-refractivity contribution in [3.63, 3.8) is 0 Å². The van der Waals surface area contributed by atoms with E-state index >= 15 is 0 Å². The van der Waals surface area contributed by atoms with Crippen molar-refractivity contribution in [1.29, 1.82) is 5.26 Å². The summed E-state index contributed by atoms with van der Waals surface area (Å²) in [5.41, 5.74) is -0.683. The van der Waals surface area contributed by atoms with Crippen LogP contribution in [0.25, 0.3) is 0 Å². The van der Waals surface area contributed by atoms with E-state index in [2.05, 4.69) is 0 Å². The van der Waals surface area contributed by atoms with Gasteiger partial charge < -0.3 is 0 Å². The van der Waals surface area contributed by atoms with Crippen molar-refractivity contribution in [2.75, 3.05) is 0 Å². The summed E-state index contributed by atoms with van der Waals surface area (Å²) in [5, 5.41) is 8.98. The zero-order valence-electron chi connectivity index (χ0n) is 11.3. The molecule has 0 radical (unpaired) electrons. The molecule has 1 heterocycles. The molecule has 0 bridgehead atoms. The van der Waals surface area contributed by atoms with Gasteiger partial charge in [0.1, 0.15) is 11.6 Å². The fourth-order valence-electron chi connectivity index (χ4n) is 2.75. The first-order valence-corrected chi connectivity index (χ1v) is 6.91. The molecule has 0 aliphatic heterocycles. The lowest BCUT2D eigenvalue weighted by Crippen LogP contribution is -2.42. The maximum Gasteiger partial charge on any atom is 0.331 e. The summed E-state index contributed by atoms with van der Waals surface area (Å²) in [6.45, 7) is 2.75. The highest BCUT2D eigenvalue weighted by Gasteiger charge is 2.18. The van der Waals surface area contributed by atoms with E-state index in [0.29, 0.717) is 19.0 Å². The summed E-state index contributed by atoms with van der Waals surface area (Å²) >= 11 is 0. The number of hydrogen-bond acceptors (Lipinski definition) is 3. The van der Waals surface area contributed by atoms with E-state index in [-0.39, 0.29) is 11.3 Å². The van der Waals surface area contributed by atoms with Gasteiger partial charge in [-0.25, -0.2) is 4.79 Å². The number of aromatic nitrogens is 2. The predicted molar refractivity (Wildman–Crippen MR) is 71.9 cm³/mol. The van der Waals surface area contributed by atoms with Crippen molar-refractivity contribution in [3.8, 4) is 6.07 Å². The first-order chi connectivity index (χ1) is 9.17. The molecule has 0 atom stereocenters. The zero-order valence-corrected chi connectivity index (χ0v) is 11.3. The third-order valence-electron chi connectivity index (χ3n) is 3.86. The van der Waals surface area contributed by atoms with Crippen LogP contribution in [-0.2, 0) is 13.1 Å². The van der Waals surface area contributed by atoms with Crippen molar-refractivity contribution in [2.24, 2.45) is 5.92 Å². The highest BCUT2D eigenvalue weighted by molar-refractivity contribution is 5.22. The molecule has 0 saturated heterocycles. The molecule has 0 aromatic carbocycles. The topological polar surface area (TPSA) is 67.8 Å². The van der Waals surface area contributed by atoms with Crippen LogP contribution in [0, 0.1) is 17.2 Å². The van der Waals surface area contributed by atoms with Gasteiger partial charge in [-0.15, -0.1) is 0 Å². The molecular weight excluding hydrogens is 242 g/mol. The lowest BCUT2D eigenvalue weighted by atomic mass is 9.89. The number of nitrogens with zero attached hydrogens (tertiary/aromatic N) is 3. The summed E-state index contributed by atoms with van der Waals surface area (Å²) in [6.07, 6.45) is 7.06. The summed E-state index contributed by atoms with van der Waals surface area (Å²) in [7, 11) is 0. The molecule has 0 spiro atoms. The van der Waals surface area contributed by atoms with Crippen LogP contribution in [0.3, 0.4) is 0 Å². The molecule has 1 aliphatic carbocycles. The van der Waals surface area contributed by atoms with Gasteiger partial charge in [0, 0.05) is 19.3 Å². The smallest absolute Gasteiger partial charge is 0.299 e. The van der Waals surface area contributed by atoms with Crippen LogP contribution in [0.1, 0.15) is 44.6 Å². The third kappa shape index (κ3) is 2.78. The molecule has 1 aliphatic rings. The van der Waals surface area contributed by atoms with E-state index in [0.717, 1.165) is 12.8 Å². The van der Waals surface area contributed by atoms with Gasteiger partial charge in [-0.3, -0.25) is 13.9 Å². The number of aryl methyl sites for hydroxylation is 1. The van der Waals surface area contributed by atoms with E-state index in [4.69, 9.17) is 5.26 Å². The summed E-state index contributed by atoms with van der Waals surface area (Å²) < 4.78 is 2.68. The van der Waals surface area contributed by atoms with E-state index < -0.39 is 5.56 Å². The van der Waals surface area contributed by atoms with Crippen LogP contribution in [0.5, 0.6) is 0 Å². The first kappa shape index (κ1) is 13.6. The molecule has 0 amide bonds. The van der Waals surface area contributed by atoms with Gasteiger partial charge in [0.05, 0.1) is 0 Å². The second kappa shape index (κ2) is 5.87. The molecule has 1 aromatic rings. The van der Waals surface area contributed by atoms with Gasteiger partial charge >= 0.3 is 5.69 Å². The Hall–Kier alpha value is -1.83. The van der Waals surface area contributed by atoms with Gasteiger partial charge in [-0.1, -0.05) is 19.3 Å². The Bertz CT molecular complexity index is 601. The number of nitriles is 1. The quantitative estimate of drug-likeness (QED) is 0.827. The van der Waals surface area contributed by atoms with Crippen LogP contribution >= 0.6 is 0 Å². The molecule has 5 nitrogen and oxygen atoms in total. The Kier molecular flexibility index (Phi) is 4.20. The Morgan fingerprint density at radius 3 is 2.58 bits per heavy atom. The summed E-state index contributed by atoms with van der Waals surface area (Å²) in [4.78, 5) is 24.3. The lowest BCUT2D eigenvalue weighted by molar-refractivity contribution is 0.308. The average molecular weight is 261 g/mol. The van der Waals surface area contributed by atoms with Crippen molar-refractivity contribution in [1.82, 2.24) is 9.13 Å². The second-order valence-corrected chi connectivity index (χ2v) is 5.14. The summed E-state index contributed by atoms with van der Waals surface area (Å²) in [5.74, 6) is 0.387. The van der Waals surface area contributed by atoms with Crippen molar-refractivity contribution in [2.45, 2.75) is 52.1 Å². The zero-order chi connectivity index (χ0) is 13.8. The molecule has 1 saturated carbocycles. The molecular formula is C14H19N3O2. The largest absolute Gasteiger partial charge is 0.331 e. The molecule has 1 fully saturated rings. The van der Waals surface area contributed by atoms with Crippen LogP contribution in [0.2, 0.25) is 0 Å². The molecule has 102 valence electrons. The average Bonchev–Trinajstić information content (AvgIpc) is 2.45. The molecule has 19 heavy (non-hydrogen) atoms. The molecule has 2 rings (SSSR count). The fourth-order valence-corrected chi connectivity index (χ4v) is 2.75. The fraction of sp³-hybridized carbons (Fsp3) is 0.643. The Morgan fingerprint density at radius 2 is 2.00 bits per heavy atom. The number of hydrogen-bond donors (Lipinski definition) is 0. The van der Waals surface area contributed by atoms with Crippen LogP contribution in [0.4, 0.5) is 0 Å². The molecule has 0 unspecified atom stereocenters. The van der Waals surface area contributed by atoms with Gasteiger partial charge in [0.25, 0.3) is 5.56 Å². The van der Waals surface area contributed by atoms with Crippen molar-refractivity contribution >= 4 is 0 Å². The minimum atomic E-state index is -0.442. The van der Waals surface area contributed by atoms with Crippen LogP contribution in [-0.4, -0.2) is 9.13 Å². The van der Waals surface area contributed by atoms with Gasteiger partial charge in [0.15, 0.2) is 0 Å². The second-order valence-electron chi connectivity index (χ2n) is 5.14. The maximum atomic E-state index is 12.2. The third-order valence-corrected chi connectivity index (χ3v) is 3.86. The minimum absolute atomic E-state index is 0.0530. The van der Waals surface area contributed by atoms with Crippen molar-refractivity contribution in [3.05, 3.63) is 32.6 Å². The monoisotopic (exact) mass is 261 g/mol. The van der Waals surface area contributed by atoms with E-state index in [1.807, 2.05) is 13.0 Å². The van der Waals surface area contributed by atoms with E-state index in [1.54, 1.807) is 0 Å². The minimum Gasteiger partial charge on any atom is -0.299 e. The molecule has 0 N–H and O–H groups in total. The normalized spacial score (nSPS) is 16.2. The van der Waals surface area contributed by atoms with Gasteiger partial charge in [-0.05, 0) is 25.7 Å². The van der Waals surface area contributed by atoms with Crippen LogP contribution in [0.15, 0.2) is 15.8 Å². The van der Waals surface area contributed by atoms with Gasteiger partial charge in [-0.2, -0.15) is 5.26 Å². The molecule has 1 aromatic heterocycles. The summed E-state index contributed by atoms with van der Waals surface area (Å²) in [6, 6.07) is 1.88. The van der Waals surface area contributed by atoms with Crippen molar-refractivity contribution < 1.29 is 0 Å². The predicted octanol–water partition coefficient (Wildman–Crippen LogP) is 1.48. The standard InChI is InChI=1S/C14H19N3O2/c1-2-16-10-12(8-15)13(18)17(14(16)19)9-11-6-4-3-5-7-11/h10-11H,2-7,9H2,1H3. The van der Waals surface area contributed by atoms with Crippen LogP contribution < -0.4 is 11.2 Å². The Balaban J connectivity index is 2.40. The van der Waals surface area contributed by atoms with E-state index in [1.165, 1.54) is 34.6 Å². The lowest BCUT2D eigenvalue weighted by Gasteiger charge is -2.22. The SMILES string of the molecule is CCn1cc(C#N)c(=O)n(CC2CCCCC2)c1=O. The maximum absolute atomic E-state index is 12.2. The van der Waals surface area contributed by atoms with E-state index in [9.17, 15) is 9.59 Å². The van der Waals surface area contributed by atoms with Gasteiger partial charge in [0.2, 0.25) is 0 Å². The first-order valence-electron chi connectivity index (χ1n) is 6.91. The Labute approximate surface area is 112 Å². The highest BCUT2D eigenvalue weighted by Crippen LogP contribution is 2.24. The Morgan fingerprint density at radius 1 is 1.32 bits per heavy atom.